The first-order valence-electron chi connectivity index (χ1n) is 7.37. The van der Waals surface area contributed by atoms with Crippen molar-refractivity contribution >= 4 is 33.0 Å². The third-order valence-corrected chi connectivity index (χ3v) is 6.50. The predicted octanol–water partition coefficient (Wildman–Crippen LogP) is 3.03. The lowest BCUT2D eigenvalue weighted by Gasteiger charge is -2.17. The van der Waals surface area contributed by atoms with Gasteiger partial charge in [0.15, 0.2) is 0 Å². The number of carbonyl (C=O) groups excluding carboxylic acids is 1. The zero-order chi connectivity index (χ0) is 16.4. The molecule has 2 aromatic rings. The first kappa shape index (κ1) is 16.0. The molecular formula is C16H18N2O3S2. The summed E-state index contributed by atoms with van der Waals surface area (Å²) in [5.74, 6) is 0.602. The maximum absolute atomic E-state index is 12.3. The highest BCUT2D eigenvalue weighted by Crippen LogP contribution is 2.29. The number of thiophene rings is 1. The fraction of sp³-hybridized carbons (Fsp3) is 0.312. The molecule has 1 saturated carbocycles. The van der Waals surface area contributed by atoms with Crippen molar-refractivity contribution in [1.82, 2.24) is 4.90 Å². The van der Waals surface area contributed by atoms with Gasteiger partial charge in [-0.25, -0.2) is 8.42 Å². The summed E-state index contributed by atoms with van der Waals surface area (Å²) in [6.45, 7) is 0.783. The van der Waals surface area contributed by atoms with Crippen LogP contribution in [0.1, 0.15) is 23.2 Å². The van der Waals surface area contributed by atoms with Crippen molar-refractivity contribution < 1.29 is 13.2 Å². The SMILES string of the molecule is CN(CC1CC1)C(=O)c1ccc(NS(=O)(=O)c2cccs2)cc1. The molecule has 1 aliphatic rings. The van der Waals surface area contributed by atoms with Gasteiger partial charge in [-0.05, 0) is 54.5 Å². The Balaban J connectivity index is 1.68. The standard InChI is InChI=1S/C16H18N2O3S2/c1-18(11-12-4-5-12)16(19)13-6-8-14(9-7-13)17-23(20,21)15-3-2-10-22-15/h2-3,6-10,12,17H,4-5,11H2,1H3. The van der Waals surface area contributed by atoms with Gasteiger partial charge in [0.1, 0.15) is 4.21 Å². The molecule has 0 saturated heterocycles. The zero-order valence-electron chi connectivity index (χ0n) is 12.7. The van der Waals surface area contributed by atoms with Gasteiger partial charge in [0, 0.05) is 24.8 Å². The molecule has 3 rings (SSSR count). The maximum atomic E-state index is 12.3. The van der Waals surface area contributed by atoms with Gasteiger partial charge < -0.3 is 4.90 Å². The minimum atomic E-state index is -3.55. The van der Waals surface area contributed by atoms with Crippen LogP contribution in [0.3, 0.4) is 0 Å². The van der Waals surface area contributed by atoms with Crippen molar-refractivity contribution in [3.8, 4) is 0 Å². The molecule has 1 aliphatic carbocycles. The summed E-state index contributed by atoms with van der Waals surface area (Å²) < 4.78 is 27.1. The van der Waals surface area contributed by atoms with Gasteiger partial charge in [-0.15, -0.1) is 11.3 Å². The largest absolute Gasteiger partial charge is 0.341 e. The van der Waals surface area contributed by atoms with E-state index in [0.29, 0.717) is 17.2 Å². The highest BCUT2D eigenvalue weighted by molar-refractivity contribution is 7.94. The van der Waals surface area contributed by atoms with Crippen LogP contribution in [0.15, 0.2) is 46.0 Å². The molecule has 23 heavy (non-hydrogen) atoms. The fourth-order valence-electron chi connectivity index (χ4n) is 2.29. The van der Waals surface area contributed by atoms with Gasteiger partial charge in [-0.2, -0.15) is 0 Å². The summed E-state index contributed by atoms with van der Waals surface area (Å²) in [7, 11) is -1.75. The molecule has 0 atom stereocenters. The number of anilines is 1. The van der Waals surface area contributed by atoms with Gasteiger partial charge in [0.25, 0.3) is 15.9 Å². The Morgan fingerprint density at radius 2 is 1.96 bits per heavy atom. The number of rotatable bonds is 6. The van der Waals surface area contributed by atoms with Gasteiger partial charge in [0.05, 0.1) is 0 Å². The molecular weight excluding hydrogens is 332 g/mol. The minimum Gasteiger partial charge on any atom is -0.341 e. The van der Waals surface area contributed by atoms with E-state index in [2.05, 4.69) is 4.72 Å². The first-order valence-corrected chi connectivity index (χ1v) is 9.74. The number of carbonyl (C=O) groups is 1. The Kier molecular flexibility index (Phi) is 4.41. The van der Waals surface area contributed by atoms with Gasteiger partial charge in [-0.3, -0.25) is 9.52 Å². The third kappa shape index (κ3) is 3.92. The van der Waals surface area contributed by atoms with Gasteiger partial charge in [0.2, 0.25) is 0 Å². The lowest BCUT2D eigenvalue weighted by atomic mass is 10.2. The summed E-state index contributed by atoms with van der Waals surface area (Å²) in [6, 6.07) is 9.77. The van der Waals surface area contributed by atoms with Crippen LogP contribution >= 0.6 is 11.3 Å². The molecule has 1 aromatic carbocycles. The topological polar surface area (TPSA) is 66.5 Å². The van der Waals surface area contributed by atoms with E-state index in [0.717, 1.165) is 17.9 Å². The minimum absolute atomic E-state index is 0.0374. The molecule has 1 aromatic heterocycles. The van der Waals surface area contributed by atoms with Crippen molar-refractivity contribution in [2.75, 3.05) is 18.3 Å². The van der Waals surface area contributed by atoms with Crippen LogP contribution in [0.5, 0.6) is 0 Å². The lowest BCUT2D eigenvalue weighted by Crippen LogP contribution is -2.28. The summed E-state index contributed by atoms with van der Waals surface area (Å²) in [5.41, 5.74) is 1.01. The molecule has 122 valence electrons. The van der Waals surface area contributed by atoms with E-state index in [4.69, 9.17) is 0 Å². The summed E-state index contributed by atoms with van der Waals surface area (Å²) in [5, 5.41) is 1.71. The smallest absolute Gasteiger partial charge is 0.271 e. The second kappa shape index (κ2) is 6.33. The molecule has 0 spiro atoms. The number of hydrogen-bond donors (Lipinski definition) is 1. The van der Waals surface area contributed by atoms with Crippen molar-refractivity contribution in [1.29, 1.82) is 0 Å². The van der Waals surface area contributed by atoms with E-state index in [1.807, 2.05) is 0 Å². The van der Waals surface area contributed by atoms with Crippen LogP contribution in [0.25, 0.3) is 0 Å². The number of benzene rings is 1. The van der Waals surface area contributed by atoms with Crippen LogP contribution in [-0.4, -0.2) is 32.8 Å². The molecule has 0 aliphatic heterocycles. The summed E-state index contributed by atoms with van der Waals surface area (Å²) in [6.07, 6.45) is 2.39. The Bertz CT molecular complexity index is 779. The number of hydrogen-bond acceptors (Lipinski definition) is 4. The van der Waals surface area contributed by atoms with Crippen LogP contribution < -0.4 is 4.72 Å². The average Bonchev–Trinajstić information content (AvgIpc) is 3.15. The van der Waals surface area contributed by atoms with E-state index in [1.165, 1.54) is 12.8 Å². The average molecular weight is 350 g/mol. The normalized spacial score (nSPS) is 14.5. The molecule has 5 nitrogen and oxygen atoms in total. The van der Waals surface area contributed by atoms with E-state index < -0.39 is 10.0 Å². The monoisotopic (exact) mass is 350 g/mol. The molecule has 1 amide bonds. The summed E-state index contributed by atoms with van der Waals surface area (Å²) >= 11 is 1.16. The van der Waals surface area contributed by atoms with Crippen LogP contribution in [0, 0.1) is 5.92 Å². The van der Waals surface area contributed by atoms with Crippen LogP contribution in [0.2, 0.25) is 0 Å². The molecule has 1 heterocycles. The number of sulfonamides is 1. The van der Waals surface area contributed by atoms with Crippen molar-refractivity contribution in [2.24, 2.45) is 5.92 Å². The second-order valence-corrected chi connectivity index (χ2v) is 8.60. The predicted molar refractivity (Wildman–Crippen MR) is 91.3 cm³/mol. The van der Waals surface area contributed by atoms with E-state index >= 15 is 0 Å². The van der Waals surface area contributed by atoms with Crippen molar-refractivity contribution in [3.05, 3.63) is 47.3 Å². The van der Waals surface area contributed by atoms with Crippen molar-refractivity contribution in [2.45, 2.75) is 17.1 Å². The third-order valence-electron chi connectivity index (χ3n) is 3.72. The Morgan fingerprint density at radius 3 is 2.52 bits per heavy atom. The highest BCUT2D eigenvalue weighted by atomic mass is 32.2. The molecule has 0 radical (unpaired) electrons. The Morgan fingerprint density at radius 1 is 1.26 bits per heavy atom. The van der Waals surface area contributed by atoms with Gasteiger partial charge >= 0.3 is 0 Å². The van der Waals surface area contributed by atoms with E-state index in [9.17, 15) is 13.2 Å². The van der Waals surface area contributed by atoms with E-state index in [-0.39, 0.29) is 10.1 Å². The molecule has 0 unspecified atom stereocenters. The Hall–Kier alpha value is -1.86. The molecule has 1 N–H and O–H groups in total. The molecule has 0 bridgehead atoms. The highest BCUT2D eigenvalue weighted by Gasteiger charge is 2.25. The molecule has 7 heteroatoms. The second-order valence-electron chi connectivity index (χ2n) is 5.74. The van der Waals surface area contributed by atoms with E-state index in [1.54, 1.807) is 53.7 Å². The Labute approximate surface area is 140 Å². The molecule has 1 fully saturated rings. The number of amides is 1. The zero-order valence-corrected chi connectivity index (χ0v) is 14.4. The first-order chi connectivity index (χ1) is 11.0. The lowest BCUT2D eigenvalue weighted by molar-refractivity contribution is 0.0788. The fourth-order valence-corrected chi connectivity index (χ4v) is 4.35. The van der Waals surface area contributed by atoms with Crippen LogP contribution in [0.4, 0.5) is 5.69 Å². The number of nitrogens with zero attached hydrogens (tertiary/aromatic N) is 1. The number of nitrogens with one attached hydrogen (secondary N) is 1. The van der Waals surface area contributed by atoms with Crippen molar-refractivity contribution in [3.63, 3.8) is 0 Å². The quantitative estimate of drug-likeness (QED) is 0.871. The van der Waals surface area contributed by atoms with Crippen LogP contribution in [-0.2, 0) is 10.0 Å². The maximum Gasteiger partial charge on any atom is 0.271 e. The van der Waals surface area contributed by atoms with Gasteiger partial charge in [-0.1, -0.05) is 6.07 Å². The summed E-state index contributed by atoms with van der Waals surface area (Å²) in [4.78, 5) is 14.0.